The third-order valence-corrected chi connectivity index (χ3v) is 3.59. The highest BCUT2D eigenvalue weighted by atomic mass is 127. The zero-order chi connectivity index (χ0) is 16.9. The van der Waals surface area contributed by atoms with Crippen molar-refractivity contribution in [3.05, 3.63) is 35.4 Å². The molecule has 0 unspecified atom stereocenters. The van der Waals surface area contributed by atoms with E-state index in [0.29, 0.717) is 6.42 Å². The van der Waals surface area contributed by atoms with Crippen molar-refractivity contribution in [2.24, 2.45) is 4.99 Å². The molecule has 0 atom stereocenters. The van der Waals surface area contributed by atoms with Crippen LogP contribution in [-0.2, 0) is 16.1 Å². The molecule has 2 N–H and O–H groups in total. The zero-order valence-electron chi connectivity index (χ0n) is 14.9. The smallest absolute Gasteiger partial charge is 0.305 e. The molecule has 0 radical (unpaired) electrons. The normalized spacial score (nSPS) is 10.7. The molecule has 0 spiro atoms. The minimum absolute atomic E-state index is 0. The van der Waals surface area contributed by atoms with Crippen molar-refractivity contribution < 1.29 is 9.53 Å². The molecule has 0 bridgehead atoms. The van der Waals surface area contributed by atoms with E-state index in [1.54, 1.807) is 7.05 Å². The quantitative estimate of drug-likeness (QED) is 0.200. The fraction of sp³-hybridized carbons (Fsp3) is 0.556. The summed E-state index contributed by atoms with van der Waals surface area (Å²) in [7, 11) is 3.21. The first-order valence-electron chi connectivity index (χ1n) is 8.22. The molecule has 0 fully saturated rings. The molecule has 1 rings (SSSR count). The van der Waals surface area contributed by atoms with Crippen LogP contribution in [0, 0.1) is 6.92 Å². The average molecular weight is 447 g/mol. The number of unbranched alkanes of at least 4 members (excludes halogenated alkanes) is 3. The lowest BCUT2D eigenvalue weighted by atomic mass is 10.1. The number of nitrogens with one attached hydrogen (secondary N) is 2. The van der Waals surface area contributed by atoms with Crippen LogP contribution >= 0.6 is 24.0 Å². The molecular formula is C18H30IN3O2. The Hall–Kier alpha value is -1.31. The van der Waals surface area contributed by atoms with E-state index in [1.165, 1.54) is 18.2 Å². The van der Waals surface area contributed by atoms with Gasteiger partial charge in [0, 0.05) is 26.6 Å². The standard InChI is InChI=1S/C18H29N3O2.HI/c1-15-9-8-10-16(13-15)14-21-18(19-2)20-12-7-5-4-6-11-17(22)23-3;/h8-10,13H,4-7,11-12,14H2,1-3H3,(H2,19,20,21);1H. The summed E-state index contributed by atoms with van der Waals surface area (Å²) in [6.07, 6.45) is 4.62. The number of benzene rings is 1. The number of methoxy groups -OCH3 is 1. The maximum atomic E-state index is 11.0. The van der Waals surface area contributed by atoms with Crippen LogP contribution in [0.5, 0.6) is 0 Å². The summed E-state index contributed by atoms with van der Waals surface area (Å²) < 4.78 is 4.62. The molecule has 0 saturated heterocycles. The van der Waals surface area contributed by atoms with E-state index in [9.17, 15) is 4.79 Å². The van der Waals surface area contributed by atoms with Crippen molar-refractivity contribution in [3.8, 4) is 0 Å². The largest absolute Gasteiger partial charge is 0.469 e. The van der Waals surface area contributed by atoms with Gasteiger partial charge in [-0.3, -0.25) is 9.79 Å². The summed E-state index contributed by atoms with van der Waals surface area (Å²) >= 11 is 0. The Morgan fingerprint density at radius 3 is 2.58 bits per heavy atom. The molecule has 1 aromatic carbocycles. The molecule has 1 aromatic rings. The van der Waals surface area contributed by atoms with Gasteiger partial charge in [0.1, 0.15) is 0 Å². The van der Waals surface area contributed by atoms with E-state index in [0.717, 1.165) is 44.7 Å². The number of aryl methyl sites for hydroxylation is 1. The molecule has 0 aliphatic carbocycles. The van der Waals surface area contributed by atoms with E-state index in [4.69, 9.17) is 0 Å². The highest BCUT2D eigenvalue weighted by Gasteiger charge is 2.00. The van der Waals surface area contributed by atoms with Gasteiger partial charge in [-0.25, -0.2) is 0 Å². The maximum absolute atomic E-state index is 11.0. The van der Waals surface area contributed by atoms with Crippen LogP contribution in [0.2, 0.25) is 0 Å². The predicted molar refractivity (Wildman–Crippen MR) is 110 cm³/mol. The second kappa shape index (κ2) is 14.1. The fourth-order valence-corrected chi connectivity index (χ4v) is 2.29. The van der Waals surface area contributed by atoms with Crippen LogP contribution in [0.15, 0.2) is 29.3 Å². The monoisotopic (exact) mass is 447 g/mol. The Morgan fingerprint density at radius 1 is 1.17 bits per heavy atom. The molecule has 136 valence electrons. The van der Waals surface area contributed by atoms with Gasteiger partial charge in [-0.15, -0.1) is 24.0 Å². The second-order valence-corrected chi connectivity index (χ2v) is 5.58. The van der Waals surface area contributed by atoms with Crippen molar-refractivity contribution in [1.29, 1.82) is 0 Å². The second-order valence-electron chi connectivity index (χ2n) is 5.58. The SMILES string of the molecule is CN=C(NCCCCCCC(=O)OC)NCc1cccc(C)c1.I. The Labute approximate surface area is 162 Å². The van der Waals surface area contributed by atoms with Gasteiger partial charge in [-0.1, -0.05) is 42.7 Å². The number of carbonyl (C=O) groups excluding carboxylic acids is 1. The van der Waals surface area contributed by atoms with E-state index < -0.39 is 0 Å². The lowest BCUT2D eigenvalue weighted by Gasteiger charge is -2.12. The lowest BCUT2D eigenvalue weighted by molar-refractivity contribution is -0.140. The summed E-state index contributed by atoms with van der Waals surface area (Å²) in [5.74, 6) is 0.699. The Balaban J connectivity index is 0.00000529. The van der Waals surface area contributed by atoms with Crippen molar-refractivity contribution in [2.75, 3.05) is 20.7 Å². The van der Waals surface area contributed by atoms with Crippen LogP contribution in [0.4, 0.5) is 0 Å². The van der Waals surface area contributed by atoms with E-state index in [2.05, 4.69) is 51.6 Å². The first-order valence-corrected chi connectivity index (χ1v) is 8.22. The number of aliphatic imine (C=N–C) groups is 1. The third-order valence-electron chi connectivity index (χ3n) is 3.59. The van der Waals surface area contributed by atoms with Crippen LogP contribution in [0.3, 0.4) is 0 Å². The maximum Gasteiger partial charge on any atom is 0.305 e. The van der Waals surface area contributed by atoms with Crippen LogP contribution in [-0.4, -0.2) is 32.6 Å². The van der Waals surface area contributed by atoms with Gasteiger partial charge in [-0.2, -0.15) is 0 Å². The Bertz CT molecular complexity index is 507. The van der Waals surface area contributed by atoms with Crippen molar-refractivity contribution in [3.63, 3.8) is 0 Å². The average Bonchev–Trinajstić information content (AvgIpc) is 2.56. The van der Waals surface area contributed by atoms with E-state index in [1.807, 2.05) is 0 Å². The van der Waals surface area contributed by atoms with Gasteiger partial charge in [0.25, 0.3) is 0 Å². The van der Waals surface area contributed by atoms with Crippen LogP contribution in [0.25, 0.3) is 0 Å². The number of hydrogen-bond acceptors (Lipinski definition) is 3. The molecular weight excluding hydrogens is 417 g/mol. The minimum atomic E-state index is -0.121. The number of rotatable bonds is 9. The Morgan fingerprint density at radius 2 is 1.92 bits per heavy atom. The summed E-state index contributed by atoms with van der Waals surface area (Å²) in [6.45, 7) is 3.74. The summed E-state index contributed by atoms with van der Waals surface area (Å²) in [4.78, 5) is 15.2. The minimum Gasteiger partial charge on any atom is -0.469 e. The Kier molecular flexibility index (Phi) is 13.3. The van der Waals surface area contributed by atoms with Crippen LogP contribution < -0.4 is 10.6 Å². The van der Waals surface area contributed by atoms with Gasteiger partial charge in [0.15, 0.2) is 5.96 Å². The lowest BCUT2D eigenvalue weighted by Crippen LogP contribution is -2.37. The molecule has 6 heteroatoms. The van der Waals surface area contributed by atoms with E-state index in [-0.39, 0.29) is 29.9 Å². The highest BCUT2D eigenvalue weighted by Crippen LogP contribution is 2.04. The zero-order valence-corrected chi connectivity index (χ0v) is 17.3. The van der Waals surface area contributed by atoms with Crippen molar-refractivity contribution in [1.82, 2.24) is 10.6 Å². The topological polar surface area (TPSA) is 62.7 Å². The number of guanidine groups is 1. The highest BCUT2D eigenvalue weighted by molar-refractivity contribution is 14.0. The molecule has 0 amide bonds. The predicted octanol–water partition coefficient (Wildman–Crippen LogP) is 3.40. The summed E-state index contributed by atoms with van der Waals surface area (Å²) in [5, 5.41) is 6.63. The van der Waals surface area contributed by atoms with Gasteiger partial charge < -0.3 is 15.4 Å². The molecule has 0 heterocycles. The van der Waals surface area contributed by atoms with Crippen LogP contribution in [0.1, 0.15) is 43.2 Å². The van der Waals surface area contributed by atoms with Crippen molar-refractivity contribution >= 4 is 35.9 Å². The first-order chi connectivity index (χ1) is 11.2. The van der Waals surface area contributed by atoms with Gasteiger partial charge in [0.2, 0.25) is 0 Å². The number of nitrogens with zero attached hydrogens (tertiary/aromatic N) is 1. The molecule has 5 nitrogen and oxygen atoms in total. The number of hydrogen-bond donors (Lipinski definition) is 2. The summed E-state index contributed by atoms with van der Waals surface area (Å²) in [6, 6.07) is 8.43. The number of esters is 1. The number of carbonyl (C=O) groups is 1. The molecule has 24 heavy (non-hydrogen) atoms. The van der Waals surface area contributed by atoms with Crippen molar-refractivity contribution in [2.45, 2.75) is 45.6 Å². The molecule has 0 aliphatic heterocycles. The van der Waals surface area contributed by atoms with Gasteiger partial charge in [0.05, 0.1) is 7.11 Å². The fourth-order valence-electron chi connectivity index (χ4n) is 2.29. The van der Waals surface area contributed by atoms with Gasteiger partial charge in [-0.05, 0) is 25.3 Å². The number of ether oxygens (including phenoxy) is 1. The summed E-state index contributed by atoms with van der Waals surface area (Å²) in [5.41, 5.74) is 2.51. The van der Waals surface area contributed by atoms with Gasteiger partial charge >= 0.3 is 5.97 Å². The van der Waals surface area contributed by atoms with E-state index >= 15 is 0 Å². The first kappa shape index (κ1) is 22.7. The molecule has 0 aliphatic rings. The number of halogens is 1. The molecule has 0 saturated carbocycles. The third kappa shape index (κ3) is 10.5. The molecule has 0 aromatic heterocycles.